The third kappa shape index (κ3) is 2.38. The van der Waals surface area contributed by atoms with Crippen LogP contribution in [-0.4, -0.2) is 22.4 Å². The third-order valence-electron chi connectivity index (χ3n) is 2.86. The second kappa shape index (κ2) is 4.98. The smallest absolute Gasteiger partial charge is 0.121 e. The average molecular weight is 245 g/mol. The van der Waals surface area contributed by atoms with E-state index in [9.17, 15) is 10.2 Å². The zero-order valence-corrected chi connectivity index (χ0v) is 10.0. The molecule has 0 fully saturated rings. The van der Waals surface area contributed by atoms with E-state index in [0.717, 1.165) is 11.4 Å². The first-order valence-corrected chi connectivity index (χ1v) is 5.57. The molecule has 18 heavy (non-hydrogen) atoms. The Morgan fingerprint density at radius 3 is 2.17 bits per heavy atom. The number of rotatable bonds is 3. The lowest BCUT2D eigenvalue weighted by molar-refractivity contribution is 0.275. The predicted molar refractivity (Wildman–Crippen MR) is 70.2 cm³/mol. The number of aliphatic hydroxyl groups excluding tert-OH is 1. The average Bonchev–Trinajstić information content (AvgIpc) is 2.39. The van der Waals surface area contributed by atoms with E-state index < -0.39 is 0 Å². The van der Waals surface area contributed by atoms with E-state index in [1.54, 1.807) is 42.5 Å². The second-order valence-electron chi connectivity index (χ2n) is 4.05. The summed E-state index contributed by atoms with van der Waals surface area (Å²) in [5.41, 5.74) is 2.24. The monoisotopic (exact) mass is 245 g/mol. The number of benzene rings is 2. The number of nitrogens with zero attached hydrogens (tertiary/aromatic N) is 1. The molecule has 4 heteroatoms. The van der Waals surface area contributed by atoms with Gasteiger partial charge in [0.2, 0.25) is 0 Å². The summed E-state index contributed by atoms with van der Waals surface area (Å²) in [7, 11) is 1.87. The van der Waals surface area contributed by atoms with Gasteiger partial charge in [0.25, 0.3) is 0 Å². The van der Waals surface area contributed by atoms with Crippen molar-refractivity contribution in [2.24, 2.45) is 0 Å². The molecule has 94 valence electrons. The van der Waals surface area contributed by atoms with Crippen molar-refractivity contribution in [3.63, 3.8) is 0 Å². The van der Waals surface area contributed by atoms with Crippen molar-refractivity contribution in [3.05, 3.63) is 48.0 Å². The quantitative estimate of drug-likeness (QED) is 0.776. The summed E-state index contributed by atoms with van der Waals surface area (Å²) in [6.45, 7) is -0.205. The van der Waals surface area contributed by atoms with Crippen LogP contribution >= 0.6 is 0 Å². The summed E-state index contributed by atoms with van der Waals surface area (Å²) in [4.78, 5) is 1.90. The normalized spacial score (nSPS) is 10.3. The Morgan fingerprint density at radius 1 is 0.944 bits per heavy atom. The van der Waals surface area contributed by atoms with Crippen molar-refractivity contribution < 1.29 is 15.3 Å². The Hall–Kier alpha value is -2.20. The molecule has 3 N–H and O–H groups in total. The Labute approximate surface area is 105 Å². The van der Waals surface area contributed by atoms with E-state index in [1.807, 2.05) is 11.9 Å². The van der Waals surface area contributed by atoms with E-state index in [0.29, 0.717) is 5.56 Å². The zero-order valence-electron chi connectivity index (χ0n) is 10.0. The molecular weight excluding hydrogens is 230 g/mol. The molecular formula is C14H15NO3. The molecule has 0 bridgehead atoms. The summed E-state index contributed by atoms with van der Waals surface area (Å²) in [5.74, 6) is 0.300. The van der Waals surface area contributed by atoms with Gasteiger partial charge in [-0.1, -0.05) is 0 Å². The Bertz CT molecular complexity index is 537. The molecule has 2 rings (SSSR count). The molecule has 0 aliphatic rings. The lowest BCUT2D eigenvalue weighted by atomic mass is 10.1. The van der Waals surface area contributed by atoms with Crippen LogP contribution in [0, 0.1) is 0 Å². The molecule has 0 saturated carbocycles. The summed E-state index contributed by atoms with van der Waals surface area (Å²) >= 11 is 0. The second-order valence-corrected chi connectivity index (χ2v) is 4.05. The molecule has 0 radical (unpaired) electrons. The number of phenols is 2. The first-order chi connectivity index (χ1) is 8.61. The molecule has 0 aliphatic carbocycles. The Balaban J connectivity index is 2.33. The first-order valence-electron chi connectivity index (χ1n) is 5.57. The van der Waals surface area contributed by atoms with E-state index in [2.05, 4.69) is 0 Å². The maximum Gasteiger partial charge on any atom is 0.121 e. The lowest BCUT2D eigenvalue weighted by Crippen LogP contribution is -2.09. The van der Waals surface area contributed by atoms with Gasteiger partial charge in [0, 0.05) is 24.0 Å². The highest BCUT2D eigenvalue weighted by atomic mass is 16.3. The molecule has 4 nitrogen and oxygen atoms in total. The van der Waals surface area contributed by atoms with E-state index in [-0.39, 0.29) is 18.1 Å². The van der Waals surface area contributed by atoms with Crippen LogP contribution < -0.4 is 4.90 Å². The van der Waals surface area contributed by atoms with Gasteiger partial charge in [0.15, 0.2) is 0 Å². The maximum absolute atomic E-state index is 9.51. The summed E-state index contributed by atoms with van der Waals surface area (Å²) in [6.07, 6.45) is 0. The van der Waals surface area contributed by atoms with Crippen LogP contribution in [0.2, 0.25) is 0 Å². The van der Waals surface area contributed by atoms with Crippen LogP contribution in [0.25, 0.3) is 0 Å². The lowest BCUT2D eigenvalue weighted by Gasteiger charge is -2.20. The minimum atomic E-state index is -0.205. The maximum atomic E-state index is 9.51. The largest absolute Gasteiger partial charge is 0.508 e. The molecule has 0 aliphatic heterocycles. The molecule has 0 atom stereocenters. The summed E-state index contributed by atoms with van der Waals surface area (Å²) < 4.78 is 0. The minimum absolute atomic E-state index is 0.0837. The fourth-order valence-corrected chi connectivity index (χ4v) is 1.73. The Kier molecular flexibility index (Phi) is 3.39. The van der Waals surface area contributed by atoms with Gasteiger partial charge in [-0.25, -0.2) is 0 Å². The molecule has 2 aromatic rings. The fraction of sp³-hybridized carbons (Fsp3) is 0.143. The molecule has 0 spiro atoms. The van der Waals surface area contributed by atoms with Crippen LogP contribution in [0.1, 0.15) is 5.56 Å². The highest BCUT2D eigenvalue weighted by molar-refractivity contribution is 5.64. The highest BCUT2D eigenvalue weighted by Crippen LogP contribution is 2.29. The van der Waals surface area contributed by atoms with Crippen molar-refractivity contribution in [2.45, 2.75) is 6.61 Å². The zero-order chi connectivity index (χ0) is 13.1. The van der Waals surface area contributed by atoms with Crippen LogP contribution in [-0.2, 0) is 6.61 Å². The van der Waals surface area contributed by atoms with Crippen molar-refractivity contribution in [1.29, 1.82) is 0 Å². The number of hydrogen-bond donors (Lipinski definition) is 3. The number of hydrogen-bond acceptors (Lipinski definition) is 4. The number of aromatic hydroxyl groups is 2. The van der Waals surface area contributed by atoms with E-state index >= 15 is 0 Å². The minimum Gasteiger partial charge on any atom is -0.508 e. The van der Waals surface area contributed by atoms with Gasteiger partial charge in [-0.05, 0) is 42.5 Å². The van der Waals surface area contributed by atoms with Gasteiger partial charge < -0.3 is 20.2 Å². The standard InChI is InChI=1S/C14H15NO3/c1-15(11-2-5-13(17)6-3-11)12-4-7-14(18)10(8-12)9-16/h2-8,16-18H,9H2,1H3. The van der Waals surface area contributed by atoms with Crippen LogP contribution in [0.3, 0.4) is 0 Å². The fourth-order valence-electron chi connectivity index (χ4n) is 1.73. The van der Waals surface area contributed by atoms with E-state index in [4.69, 9.17) is 5.11 Å². The Morgan fingerprint density at radius 2 is 1.56 bits per heavy atom. The summed E-state index contributed by atoms with van der Waals surface area (Å²) in [5, 5.41) is 27.9. The van der Waals surface area contributed by atoms with Gasteiger partial charge >= 0.3 is 0 Å². The van der Waals surface area contributed by atoms with Crippen molar-refractivity contribution in [1.82, 2.24) is 0 Å². The first kappa shape index (κ1) is 12.3. The molecule has 0 heterocycles. The van der Waals surface area contributed by atoms with Crippen molar-refractivity contribution in [3.8, 4) is 11.5 Å². The van der Waals surface area contributed by atoms with Gasteiger partial charge in [0.05, 0.1) is 6.61 Å². The van der Waals surface area contributed by atoms with Gasteiger partial charge in [-0.2, -0.15) is 0 Å². The topological polar surface area (TPSA) is 63.9 Å². The van der Waals surface area contributed by atoms with Gasteiger partial charge in [-0.3, -0.25) is 0 Å². The molecule has 0 aromatic heterocycles. The number of anilines is 2. The number of aliphatic hydroxyl groups is 1. The number of phenolic OH excluding ortho intramolecular Hbond substituents is 1. The highest BCUT2D eigenvalue weighted by Gasteiger charge is 2.07. The van der Waals surface area contributed by atoms with Gasteiger partial charge in [0.1, 0.15) is 11.5 Å². The van der Waals surface area contributed by atoms with Gasteiger partial charge in [-0.15, -0.1) is 0 Å². The molecule has 0 unspecified atom stereocenters. The van der Waals surface area contributed by atoms with Crippen molar-refractivity contribution in [2.75, 3.05) is 11.9 Å². The molecule has 0 amide bonds. The summed E-state index contributed by atoms with van der Waals surface area (Å²) in [6, 6.07) is 11.8. The molecule has 0 saturated heterocycles. The van der Waals surface area contributed by atoms with Crippen LogP contribution in [0.5, 0.6) is 11.5 Å². The molecule has 2 aromatic carbocycles. The predicted octanol–water partition coefficient (Wildman–Crippen LogP) is 2.36. The van der Waals surface area contributed by atoms with Crippen molar-refractivity contribution >= 4 is 11.4 Å². The third-order valence-corrected chi connectivity index (χ3v) is 2.86. The van der Waals surface area contributed by atoms with Crippen LogP contribution in [0.15, 0.2) is 42.5 Å². The van der Waals surface area contributed by atoms with Crippen LogP contribution in [0.4, 0.5) is 11.4 Å². The van der Waals surface area contributed by atoms with E-state index in [1.165, 1.54) is 0 Å². The SMILES string of the molecule is CN(c1ccc(O)cc1)c1ccc(O)c(CO)c1.